The van der Waals surface area contributed by atoms with Gasteiger partial charge in [-0.15, -0.1) is 0 Å². The second-order valence-electron chi connectivity index (χ2n) is 4.52. The number of anilines is 1. The van der Waals surface area contributed by atoms with Crippen molar-refractivity contribution in [1.29, 1.82) is 0 Å². The molecule has 0 bridgehead atoms. The molecule has 2 N–H and O–H groups in total. The van der Waals surface area contributed by atoms with Crippen molar-refractivity contribution in [1.82, 2.24) is 4.31 Å². The molecule has 0 aliphatic rings. The average Bonchev–Trinajstić information content (AvgIpc) is 2.33. The highest BCUT2D eigenvalue weighted by molar-refractivity contribution is 9.10. The lowest BCUT2D eigenvalue weighted by atomic mass is 10.2. The van der Waals surface area contributed by atoms with E-state index in [0.717, 1.165) is 12.8 Å². The number of hydrogen-bond donors (Lipinski definition) is 1. The molecule has 0 fully saturated rings. The number of benzene rings is 1. The molecule has 6 heteroatoms. The van der Waals surface area contributed by atoms with Gasteiger partial charge in [-0.05, 0) is 37.5 Å². The molecule has 0 saturated carbocycles. The zero-order valence-electron chi connectivity index (χ0n) is 11.6. The van der Waals surface area contributed by atoms with E-state index in [0.29, 0.717) is 33.7 Å². The first-order valence-corrected chi connectivity index (χ1v) is 8.63. The molecule has 0 spiro atoms. The van der Waals surface area contributed by atoms with Gasteiger partial charge in [0, 0.05) is 23.2 Å². The van der Waals surface area contributed by atoms with Crippen molar-refractivity contribution in [3.8, 4) is 0 Å². The van der Waals surface area contributed by atoms with Crippen LogP contribution >= 0.6 is 15.9 Å². The van der Waals surface area contributed by atoms with E-state index in [1.54, 1.807) is 19.1 Å². The van der Waals surface area contributed by atoms with Crippen LogP contribution < -0.4 is 5.73 Å². The molecule has 108 valence electrons. The number of nitrogens with two attached hydrogens (primary N) is 1. The summed E-state index contributed by atoms with van der Waals surface area (Å²) in [4.78, 5) is 0.293. The third-order valence-electron chi connectivity index (χ3n) is 2.93. The first kappa shape index (κ1) is 16.5. The maximum absolute atomic E-state index is 12.7. The van der Waals surface area contributed by atoms with Crippen LogP contribution in [0.4, 0.5) is 5.69 Å². The lowest BCUT2D eigenvalue weighted by molar-refractivity contribution is 0.409. The molecular formula is C13H21BrN2O2S. The Morgan fingerprint density at radius 2 is 1.74 bits per heavy atom. The predicted octanol–water partition coefficient (Wildman–Crippen LogP) is 3.15. The summed E-state index contributed by atoms with van der Waals surface area (Å²) in [5, 5.41) is 0. The topological polar surface area (TPSA) is 63.4 Å². The standard InChI is InChI=1S/C13H21BrN2O2S/c1-4-6-16(7-5-2)19(17,18)13-9-11(14)8-12(15)10(13)3/h8-9H,4-7,15H2,1-3H3. The van der Waals surface area contributed by atoms with Gasteiger partial charge in [-0.1, -0.05) is 29.8 Å². The molecule has 1 rings (SSSR count). The molecule has 0 aliphatic heterocycles. The Bertz CT molecular complexity index is 538. The Hall–Kier alpha value is -0.590. The van der Waals surface area contributed by atoms with Gasteiger partial charge in [0.05, 0.1) is 4.90 Å². The highest BCUT2D eigenvalue weighted by Crippen LogP contribution is 2.28. The summed E-state index contributed by atoms with van der Waals surface area (Å²) in [5.74, 6) is 0. The van der Waals surface area contributed by atoms with Gasteiger partial charge in [-0.2, -0.15) is 4.31 Å². The fourth-order valence-electron chi connectivity index (χ4n) is 1.93. The summed E-state index contributed by atoms with van der Waals surface area (Å²) in [6.45, 7) is 6.75. The van der Waals surface area contributed by atoms with Crippen LogP contribution in [0.25, 0.3) is 0 Å². The second kappa shape index (κ2) is 6.72. The third-order valence-corrected chi connectivity index (χ3v) is 5.41. The molecule has 1 aromatic carbocycles. The van der Waals surface area contributed by atoms with E-state index in [2.05, 4.69) is 15.9 Å². The van der Waals surface area contributed by atoms with Crippen molar-refractivity contribution in [2.24, 2.45) is 0 Å². The fraction of sp³-hybridized carbons (Fsp3) is 0.538. The Morgan fingerprint density at radius 3 is 2.21 bits per heavy atom. The maximum Gasteiger partial charge on any atom is 0.243 e. The summed E-state index contributed by atoms with van der Waals surface area (Å²) in [6.07, 6.45) is 1.59. The molecule has 19 heavy (non-hydrogen) atoms. The van der Waals surface area contributed by atoms with Gasteiger partial charge in [0.25, 0.3) is 0 Å². The molecule has 0 heterocycles. The highest BCUT2D eigenvalue weighted by Gasteiger charge is 2.25. The molecule has 1 aromatic rings. The minimum Gasteiger partial charge on any atom is -0.398 e. The summed E-state index contributed by atoms with van der Waals surface area (Å²) < 4.78 is 27.6. The number of sulfonamides is 1. The van der Waals surface area contributed by atoms with E-state index >= 15 is 0 Å². The molecule has 0 aromatic heterocycles. The smallest absolute Gasteiger partial charge is 0.243 e. The number of hydrogen-bond acceptors (Lipinski definition) is 3. The largest absolute Gasteiger partial charge is 0.398 e. The zero-order valence-corrected chi connectivity index (χ0v) is 14.0. The second-order valence-corrected chi connectivity index (χ2v) is 7.34. The molecule has 0 radical (unpaired) electrons. The highest BCUT2D eigenvalue weighted by atomic mass is 79.9. The predicted molar refractivity (Wildman–Crippen MR) is 82.6 cm³/mol. The number of rotatable bonds is 6. The first-order chi connectivity index (χ1) is 8.84. The molecule has 0 atom stereocenters. The molecular weight excluding hydrogens is 328 g/mol. The van der Waals surface area contributed by atoms with E-state index in [-0.39, 0.29) is 0 Å². The normalized spacial score (nSPS) is 12.1. The number of nitrogen functional groups attached to an aromatic ring is 1. The van der Waals surface area contributed by atoms with Crippen molar-refractivity contribution in [3.63, 3.8) is 0 Å². The fourth-order valence-corrected chi connectivity index (χ4v) is 4.46. The summed E-state index contributed by atoms with van der Waals surface area (Å²) >= 11 is 3.30. The summed E-state index contributed by atoms with van der Waals surface area (Å²) in [6, 6.07) is 3.34. The molecule has 4 nitrogen and oxygen atoms in total. The van der Waals surface area contributed by atoms with Crippen LogP contribution in [0.5, 0.6) is 0 Å². The van der Waals surface area contributed by atoms with Crippen LogP contribution in [-0.2, 0) is 10.0 Å². The minimum atomic E-state index is -3.48. The van der Waals surface area contributed by atoms with E-state index in [9.17, 15) is 8.42 Å². The van der Waals surface area contributed by atoms with E-state index in [1.165, 1.54) is 4.31 Å². The Balaban J connectivity index is 3.32. The van der Waals surface area contributed by atoms with Crippen LogP contribution in [-0.4, -0.2) is 25.8 Å². The van der Waals surface area contributed by atoms with Gasteiger partial charge in [0.15, 0.2) is 0 Å². The van der Waals surface area contributed by atoms with Crippen LogP contribution in [0.3, 0.4) is 0 Å². The summed E-state index contributed by atoms with van der Waals surface area (Å²) in [7, 11) is -3.48. The molecule has 0 amide bonds. The lowest BCUT2D eigenvalue weighted by Gasteiger charge is -2.22. The van der Waals surface area contributed by atoms with Crippen molar-refractivity contribution in [2.45, 2.75) is 38.5 Å². The van der Waals surface area contributed by atoms with Gasteiger partial charge < -0.3 is 5.73 Å². The Morgan fingerprint density at radius 1 is 1.21 bits per heavy atom. The van der Waals surface area contributed by atoms with Gasteiger partial charge in [0.1, 0.15) is 0 Å². The van der Waals surface area contributed by atoms with Crippen LogP contribution in [0, 0.1) is 6.92 Å². The minimum absolute atomic E-state index is 0.293. The van der Waals surface area contributed by atoms with E-state index in [4.69, 9.17) is 5.73 Å². The monoisotopic (exact) mass is 348 g/mol. The van der Waals surface area contributed by atoms with Crippen LogP contribution in [0.15, 0.2) is 21.5 Å². The van der Waals surface area contributed by atoms with Crippen LogP contribution in [0.1, 0.15) is 32.3 Å². The van der Waals surface area contributed by atoms with Gasteiger partial charge >= 0.3 is 0 Å². The number of nitrogens with zero attached hydrogens (tertiary/aromatic N) is 1. The zero-order chi connectivity index (χ0) is 14.6. The molecule has 0 unspecified atom stereocenters. The summed E-state index contributed by atoms with van der Waals surface area (Å²) in [5.41, 5.74) is 6.95. The maximum atomic E-state index is 12.7. The van der Waals surface area contributed by atoms with Crippen molar-refractivity contribution in [3.05, 3.63) is 22.2 Å². The van der Waals surface area contributed by atoms with Gasteiger partial charge in [-0.3, -0.25) is 0 Å². The quantitative estimate of drug-likeness (QED) is 0.803. The average molecular weight is 349 g/mol. The first-order valence-electron chi connectivity index (χ1n) is 6.40. The van der Waals surface area contributed by atoms with Crippen LogP contribution in [0.2, 0.25) is 0 Å². The lowest BCUT2D eigenvalue weighted by Crippen LogP contribution is -2.33. The van der Waals surface area contributed by atoms with E-state index in [1.807, 2.05) is 13.8 Å². The van der Waals surface area contributed by atoms with Gasteiger partial charge in [0.2, 0.25) is 10.0 Å². The third kappa shape index (κ3) is 3.70. The number of halogens is 1. The van der Waals surface area contributed by atoms with Crippen molar-refractivity contribution >= 4 is 31.6 Å². The van der Waals surface area contributed by atoms with Crippen molar-refractivity contribution < 1.29 is 8.42 Å². The SMILES string of the molecule is CCCN(CCC)S(=O)(=O)c1cc(Br)cc(N)c1C. The Kier molecular flexibility index (Phi) is 5.82. The molecule has 0 aliphatic carbocycles. The van der Waals surface area contributed by atoms with Gasteiger partial charge in [-0.25, -0.2) is 8.42 Å². The van der Waals surface area contributed by atoms with E-state index < -0.39 is 10.0 Å². The van der Waals surface area contributed by atoms with Crippen molar-refractivity contribution in [2.75, 3.05) is 18.8 Å². The molecule has 0 saturated heterocycles. The Labute approximate surface area is 124 Å².